The standard InChI is InChI=1S/C21H19N5O/c1-25(2)19-12-17(9-11-22-19)16-7-5-15(6-8-16)13-26-14-24-20-18(21(26)27)4-3-10-23-20/h3-12,14H,13H2,1-2H3. The van der Waals surface area contributed by atoms with Gasteiger partial charge in [0.1, 0.15) is 12.1 Å². The average molecular weight is 357 g/mol. The first-order chi connectivity index (χ1) is 13.1. The maximum Gasteiger partial charge on any atom is 0.263 e. The van der Waals surface area contributed by atoms with E-state index in [0.717, 1.165) is 22.5 Å². The molecule has 0 aliphatic rings. The summed E-state index contributed by atoms with van der Waals surface area (Å²) in [6.07, 6.45) is 5.00. The molecule has 0 aliphatic carbocycles. The topological polar surface area (TPSA) is 63.9 Å². The average Bonchev–Trinajstić information content (AvgIpc) is 2.71. The third-order valence-corrected chi connectivity index (χ3v) is 4.44. The van der Waals surface area contributed by atoms with Gasteiger partial charge < -0.3 is 4.90 Å². The first kappa shape index (κ1) is 16.9. The zero-order valence-corrected chi connectivity index (χ0v) is 15.2. The van der Waals surface area contributed by atoms with E-state index in [-0.39, 0.29) is 5.56 Å². The number of pyridine rings is 2. The fourth-order valence-electron chi connectivity index (χ4n) is 2.95. The van der Waals surface area contributed by atoms with Crippen molar-refractivity contribution in [3.63, 3.8) is 0 Å². The molecule has 6 nitrogen and oxygen atoms in total. The fraction of sp³-hybridized carbons (Fsp3) is 0.143. The van der Waals surface area contributed by atoms with Crippen molar-refractivity contribution < 1.29 is 0 Å². The maximum atomic E-state index is 12.6. The molecule has 0 amide bonds. The molecule has 6 heteroatoms. The summed E-state index contributed by atoms with van der Waals surface area (Å²) in [4.78, 5) is 27.3. The number of aromatic nitrogens is 4. The Labute approximate surface area is 156 Å². The van der Waals surface area contributed by atoms with Gasteiger partial charge in [-0.25, -0.2) is 15.0 Å². The second kappa shape index (κ2) is 6.99. The summed E-state index contributed by atoms with van der Waals surface area (Å²) in [7, 11) is 3.94. The second-order valence-corrected chi connectivity index (χ2v) is 6.55. The molecule has 3 aromatic heterocycles. The molecular formula is C21H19N5O. The third-order valence-electron chi connectivity index (χ3n) is 4.44. The second-order valence-electron chi connectivity index (χ2n) is 6.55. The molecule has 0 bridgehead atoms. The van der Waals surface area contributed by atoms with Crippen molar-refractivity contribution in [2.45, 2.75) is 6.54 Å². The van der Waals surface area contributed by atoms with Crippen LogP contribution < -0.4 is 10.5 Å². The Hall–Kier alpha value is -3.54. The summed E-state index contributed by atoms with van der Waals surface area (Å²) in [5.74, 6) is 0.916. The Morgan fingerprint density at radius 3 is 2.52 bits per heavy atom. The molecule has 0 saturated heterocycles. The van der Waals surface area contributed by atoms with E-state index in [4.69, 9.17) is 0 Å². The molecule has 0 atom stereocenters. The highest BCUT2D eigenvalue weighted by molar-refractivity contribution is 5.72. The van der Waals surface area contributed by atoms with E-state index >= 15 is 0 Å². The molecule has 4 rings (SSSR count). The van der Waals surface area contributed by atoms with E-state index in [0.29, 0.717) is 17.6 Å². The molecule has 0 unspecified atom stereocenters. The van der Waals surface area contributed by atoms with E-state index in [1.165, 1.54) is 0 Å². The minimum Gasteiger partial charge on any atom is -0.363 e. The fourth-order valence-corrected chi connectivity index (χ4v) is 2.95. The molecule has 4 aromatic rings. The van der Waals surface area contributed by atoms with E-state index in [1.54, 1.807) is 29.2 Å². The minimum absolute atomic E-state index is 0.0815. The summed E-state index contributed by atoms with van der Waals surface area (Å²) in [5.41, 5.74) is 3.64. The van der Waals surface area contributed by atoms with Crippen LogP contribution in [0.2, 0.25) is 0 Å². The van der Waals surface area contributed by atoms with Crippen molar-refractivity contribution in [3.8, 4) is 11.1 Å². The number of fused-ring (bicyclic) bond motifs is 1. The van der Waals surface area contributed by atoms with Gasteiger partial charge in [0.15, 0.2) is 5.65 Å². The Morgan fingerprint density at radius 2 is 1.74 bits per heavy atom. The largest absolute Gasteiger partial charge is 0.363 e. The van der Waals surface area contributed by atoms with E-state index < -0.39 is 0 Å². The lowest BCUT2D eigenvalue weighted by Gasteiger charge is -2.12. The quantitative estimate of drug-likeness (QED) is 0.562. The van der Waals surface area contributed by atoms with Crippen molar-refractivity contribution in [1.29, 1.82) is 0 Å². The summed E-state index contributed by atoms with van der Waals surface area (Å²) in [6, 6.07) is 15.7. The number of nitrogens with zero attached hydrogens (tertiary/aromatic N) is 5. The van der Waals surface area contributed by atoms with Gasteiger partial charge >= 0.3 is 0 Å². The number of benzene rings is 1. The van der Waals surface area contributed by atoms with Gasteiger partial charge in [-0.05, 0) is 41.0 Å². The van der Waals surface area contributed by atoms with Gasteiger partial charge in [-0.1, -0.05) is 24.3 Å². The summed E-state index contributed by atoms with van der Waals surface area (Å²) < 4.78 is 1.61. The lowest BCUT2D eigenvalue weighted by atomic mass is 10.0. The molecule has 0 aliphatic heterocycles. The van der Waals surface area contributed by atoms with Crippen LogP contribution in [-0.4, -0.2) is 33.6 Å². The highest BCUT2D eigenvalue weighted by atomic mass is 16.1. The lowest BCUT2D eigenvalue weighted by Crippen LogP contribution is -2.21. The minimum atomic E-state index is -0.0815. The molecule has 27 heavy (non-hydrogen) atoms. The van der Waals surface area contributed by atoms with Crippen molar-refractivity contribution in [2.24, 2.45) is 0 Å². The van der Waals surface area contributed by atoms with Crippen LogP contribution in [0.3, 0.4) is 0 Å². The zero-order valence-electron chi connectivity index (χ0n) is 15.2. The van der Waals surface area contributed by atoms with Crippen LogP contribution in [0.5, 0.6) is 0 Å². The number of hydrogen-bond donors (Lipinski definition) is 0. The molecular weight excluding hydrogens is 338 g/mol. The predicted octanol–water partition coefficient (Wildman–Crippen LogP) is 2.97. The predicted molar refractivity (Wildman–Crippen MR) is 107 cm³/mol. The van der Waals surface area contributed by atoms with Crippen LogP contribution in [-0.2, 0) is 6.54 Å². The third kappa shape index (κ3) is 3.42. The Kier molecular flexibility index (Phi) is 4.38. The monoisotopic (exact) mass is 357 g/mol. The lowest BCUT2D eigenvalue weighted by molar-refractivity contribution is 0.747. The van der Waals surface area contributed by atoms with Crippen molar-refractivity contribution in [2.75, 3.05) is 19.0 Å². The van der Waals surface area contributed by atoms with Crippen LogP contribution in [0.4, 0.5) is 5.82 Å². The molecule has 3 heterocycles. The highest BCUT2D eigenvalue weighted by Gasteiger charge is 2.06. The van der Waals surface area contributed by atoms with Crippen molar-refractivity contribution >= 4 is 16.9 Å². The SMILES string of the molecule is CN(C)c1cc(-c2ccc(Cn3cnc4ncccc4c3=O)cc2)ccn1. The van der Waals surface area contributed by atoms with Gasteiger partial charge in [0.25, 0.3) is 5.56 Å². The van der Waals surface area contributed by atoms with Crippen LogP contribution in [0, 0.1) is 0 Å². The van der Waals surface area contributed by atoms with Gasteiger partial charge in [-0.2, -0.15) is 0 Å². The Morgan fingerprint density at radius 1 is 0.926 bits per heavy atom. The Bertz CT molecular complexity index is 1150. The first-order valence-corrected chi connectivity index (χ1v) is 8.65. The highest BCUT2D eigenvalue weighted by Crippen LogP contribution is 2.22. The van der Waals surface area contributed by atoms with Crippen LogP contribution >= 0.6 is 0 Å². The normalized spacial score (nSPS) is 10.9. The van der Waals surface area contributed by atoms with Crippen LogP contribution in [0.25, 0.3) is 22.2 Å². The summed E-state index contributed by atoms with van der Waals surface area (Å²) in [5, 5.41) is 0.532. The van der Waals surface area contributed by atoms with Crippen LogP contribution in [0.15, 0.2) is 72.0 Å². The molecule has 0 saturated carbocycles. The number of anilines is 1. The van der Waals surface area contributed by atoms with Gasteiger partial charge in [0.05, 0.1) is 11.9 Å². The van der Waals surface area contributed by atoms with E-state index in [2.05, 4.69) is 33.2 Å². The van der Waals surface area contributed by atoms with E-state index in [9.17, 15) is 4.79 Å². The van der Waals surface area contributed by atoms with Gasteiger partial charge in [0, 0.05) is 26.5 Å². The molecule has 0 fully saturated rings. The molecule has 1 aromatic carbocycles. The molecule has 134 valence electrons. The summed E-state index contributed by atoms with van der Waals surface area (Å²) in [6.45, 7) is 0.468. The molecule has 0 spiro atoms. The van der Waals surface area contributed by atoms with Crippen molar-refractivity contribution in [3.05, 3.63) is 83.2 Å². The molecule has 0 radical (unpaired) electrons. The van der Waals surface area contributed by atoms with Crippen LogP contribution in [0.1, 0.15) is 5.56 Å². The summed E-state index contributed by atoms with van der Waals surface area (Å²) >= 11 is 0. The van der Waals surface area contributed by atoms with E-state index in [1.807, 2.05) is 43.4 Å². The van der Waals surface area contributed by atoms with Gasteiger partial charge in [-0.15, -0.1) is 0 Å². The molecule has 0 N–H and O–H groups in total. The zero-order chi connectivity index (χ0) is 18.8. The van der Waals surface area contributed by atoms with Gasteiger partial charge in [0.2, 0.25) is 0 Å². The smallest absolute Gasteiger partial charge is 0.263 e. The number of hydrogen-bond acceptors (Lipinski definition) is 5. The van der Waals surface area contributed by atoms with Crippen molar-refractivity contribution in [1.82, 2.24) is 19.5 Å². The Balaban J connectivity index is 1.61. The maximum absolute atomic E-state index is 12.6. The number of rotatable bonds is 4. The first-order valence-electron chi connectivity index (χ1n) is 8.65. The van der Waals surface area contributed by atoms with Gasteiger partial charge in [-0.3, -0.25) is 9.36 Å².